The highest BCUT2D eigenvalue weighted by molar-refractivity contribution is 5.14. The van der Waals surface area contributed by atoms with Crippen molar-refractivity contribution in [2.45, 2.75) is 32.0 Å². The zero-order valence-corrected chi connectivity index (χ0v) is 13.7. The van der Waals surface area contributed by atoms with Crippen LogP contribution in [0.3, 0.4) is 0 Å². The molecule has 0 amide bonds. The van der Waals surface area contributed by atoms with E-state index in [-0.39, 0.29) is 12.0 Å². The van der Waals surface area contributed by atoms with Crippen LogP contribution in [-0.4, -0.2) is 30.7 Å². The molecule has 1 aliphatic rings. The Kier molecular flexibility index (Phi) is 6.38. The zero-order chi connectivity index (χ0) is 16.6. The lowest BCUT2D eigenvalue weighted by Gasteiger charge is -2.18. The van der Waals surface area contributed by atoms with E-state index >= 15 is 0 Å². The van der Waals surface area contributed by atoms with Crippen LogP contribution < -0.4 is 0 Å². The summed E-state index contributed by atoms with van der Waals surface area (Å²) < 4.78 is 17.1. The third-order valence-electron chi connectivity index (χ3n) is 4.20. The summed E-state index contributed by atoms with van der Waals surface area (Å²) in [5.74, 6) is 0.152. The van der Waals surface area contributed by atoms with Crippen LogP contribution in [0.15, 0.2) is 60.7 Å². The highest BCUT2D eigenvalue weighted by atomic mass is 16.6. The molecule has 1 fully saturated rings. The summed E-state index contributed by atoms with van der Waals surface area (Å²) in [4.78, 5) is 0. The van der Waals surface area contributed by atoms with E-state index in [1.54, 1.807) is 0 Å². The van der Waals surface area contributed by atoms with E-state index in [1.807, 2.05) is 60.7 Å². The molecule has 1 aliphatic heterocycles. The number of hydrogen-bond acceptors (Lipinski definition) is 4. The molecule has 1 N–H and O–H groups in total. The first-order chi connectivity index (χ1) is 11.8. The first-order valence-corrected chi connectivity index (χ1v) is 8.38. The van der Waals surface area contributed by atoms with Gasteiger partial charge in [-0.05, 0) is 11.1 Å². The molecule has 1 heterocycles. The van der Waals surface area contributed by atoms with Gasteiger partial charge in [-0.1, -0.05) is 60.7 Å². The van der Waals surface area contributed by atoms with Crippen LogP contribution in [0.1, 0.15) is 17.5 Å². The second-order valence-electron chi connectivity index (χ2n) is 6.13. The fourth-order valence-electron chi connectivity index (χ4n) is 2.90. The summed E-state index contributed by atoms with van der Waals surface area (Å²) in [5.41, 5.74) is 2.28. The van der Waals surface area contributed by atoms with Crippen molar-refractivity contribution in [1.29, 1.82) is 0 Å². The van der Waals surface area contributed by atoms with E-state index in [4.69, 9.17) is 14.2 Å². The number of aliphatic hydroxyl groups is 1. The fourth-order valence-corrected chi connectivity index (χ4v) is 2.90. The van der Waals surface area contributed by atoms with Crippen molar-refractivity contribution in [2.75, 3.05) is 13.2 Å². The molecule has 0 aliphatic carbocycles. The largest absolute Gasteiger partial charge is 0.376 e. The maximum absolute atomic E-state index is 9.77. The van der Waals surface area contributed by atoms with Crippen molar-refractivity contribution < 1.29 is 19.3 Å². The summed E-state index contributed by atoms with van der Waals surface area (Å²) in [6, 6.07) is 20.1. The summed E-state index contributed by atoms with van der Waals surface area (Å²) in [7, 11) is 0. The molecule has 2 aromatic rings. The van der Waals surface area contributed by atoms with Gasteiger partial charge in [-0.15, -0.1) is 0 Å². The minimum Gasteiger partial charge on any atom is -0.376 e. The number of rotatable bonds is 8. The summed E-state index contributed by atoms with van der Waals surface area (Å²) >= 11 is 0. The summed E-state index contributed by atoms with van der Waals surface area (Å²) in [6.45, 7) is 2.15. The van der Waals surface area contributed by atoms with Crippen LogP contribution in [0, 0.1) is 5.92 Å². The van der Waals surface area contributed by atoms with Crippen LogP contribution in [0.2, 0.25) is 0 Å². The molecule has 2 aromatic carbocycles. The lowest BCUT2D eigenvalue weighted by molar-refractivity contribution is -0.115. The van der Waals surface area contributed by atoms with Crippen molar-refractivity contribution in [3.63, 3.8) is 0 Å². The van der Waals surface area contributed by atoms with Gasteiger partial charge in [-0.25, -0.2) is 0 Å². The first kappa shape index (κ1) is 17.1. The summed E-state index contributed by atoms with van der Waals surface area (Å²) in [6.07, 6.45) is -0.256. The molecular weight excluding hydrogens is 304 g/mol. The van der Waals surface area contributed by atoms with Crippen LogP contribution in [0.25, 0.3) is 0 Å². The molecule has 0 saturated carbocycles. The number of aliphatic hydroxyl groups excluding tert-OH is 1. The third-order valence-corrected chi connectivity index (χ3v) is 4.20. The Labute approximate surface area is 143 Å². The van der Waals surface area contributed by atoms with E-state index in [9.17, 15) is 5.11 Å². The van der Waals surface area contributed by atoms with Gasteiger partial charge in [-0.2, -0.15) is 0 Å². The zero-order valence-electron chi connectivity index (χ0n) is 13.7. The van der Waals surface area contributed by atoms with Crippen molar-refractivity contribution >= 4 is 0 Å². The molecular formula is C20H24O4. The highest BCUT2D eigenvalue weighted by Gasteiger charge is 2.34. The molecule has 3 atom stereocenters. The minimum atomic E-state index is -0.722. The molecule has 0 spiro atoms. The Balaban J connectivity index is 1.42. The van der Waals surface area contributed by atoms with Gasteiger partial charge in [0.2, 0.25) is 0 Å². The SMILES string of the molecule is OC1C[C@H](COCc2ccccc2)[C@H](COCc2ccccc2)O1. The molecule has 0 radical (unpaired) electrons. The van der Waals surface area contributed by atoms with Gasteiger partial charge < -0.3 is 19.3 Å². The highest BCUT2D eigenvalue weighted by Crippen LogP contribution is 2.26. The fraction of sp³-hybridized carbons (Fsp3) is 0.400. The summed E-state index contributed by atoms with van der Waals surface area (Å²) in [5, 5.41) is 9.77. The van der Waals surface area contributed by atoms with Crippen molar-refractivity contribution in [3.05, 3.63) is 71.8 Å². The Hall–Kier alpha value is -1.72. The monoisotopic (exact) mass is 328 g/mol. The predicted molar refractivity (Wildman–Crippen MR) is 91.2 cm³/mol. The van der Waals surface area contributed by atoms with Gasteiger partial charge in [0, 0.05) is 12.3 Å². The number of ether oxygens (including phenoxy) is 3. The van der Waals surface area contributed by atoms with Crippen molar-refractivity contribution in [2.24, 2.45) is 5.92 Å². The Morgan fingerprint density at radius 1 is 0.833 bits per heavy atom. The standard InChI is InChI=1S/C20H24O4/c21-20-11-18(14-22-12-16-7-3-1-4-8-16)19(24-20)15-23-13-17-9-5-2-6-10-17/h1-10,18-21H,11-15H2/t18-,19+,20?/m1/s1. The molecule has 1 saturated heterocycles. The van der Waals surface area contributed by atoms with Gasteiger partial charge in [0.05, 0.1) is 32.5 Å². The molecule has 0 aromatic heterocycles. The molecule has 1 unspecified atom stereocenters. The van der Waals surface area contributed by atoms with Crippen molar-refractivity contribution in [3.8, 4) is 0 Å². The molecule has 4 heteroatoms. The van der Waals surface area contributed by atoms with E-state index in [0.29, 0.717) is 32.8 Å². The van der Waals surface area contributed by atoms with E-state index < -0.39 is 6.29 Å². The smallest absolute Gasteiger partial charge is 0.155 e. The van der Waals surface area contributed by atoms with Crippen LogP contribution >= 0.6 is 0 Å². The Morgan fingerprint density at radius 2 is 1.38 bits per heavy atom. The Bertz CT molecular complexity index is 534. The molecule has 128 valence electrons. The lowest BCUT2D eigenvalue weighted by Crippen LogP contribution is -2.26. The molecule has 3 rings (SSSR count). The Morgan fingerprint density at radius 3 is 1.96 bits per heavy atom. The van der Waals surface area contributed by atoms with Crippen LogP contribution in [0.4, 0.5) is 0 Å². The van der Waals surface area contributed by atoms with Gasteiger partial charge >= 0.3 is 0 Å². The van der Waals surface area contributed by atoms with Crippen molar-refractivity contribution in [1.82, 2.24) is 0 Å². The van der Waals surface area contributed by atoms with Gasteiger partial charge in [0.1, 0.15) is 0 Å². The topological polar surface area (TPSA) is 47.9 Å². The van der Waals surface area contributed by atoms with E-state index in [1.165, 1.54) is 0 Å². The average molecular weight is 328 g/mol. The van der Waals surface area contributed by atoms with Gasteiger partial charge in [-0.3, -0.25) is 0 Å². The van der Waals surface area contributed by atoms with Gasteiger partial charge in [0.25, 0.3) is 0 Å². The third kappa shape index (κ3) is 5.14. The molecule has 4 nitrogen and oxygen atoms in total. The predicted octanol–water partition coefficient (Wildman–Crippen LogP) is 3.14. The maximum atomic E-state index is 9.77. The minimum absolute atomic E-state index is 0.125. The van der Waals surface area contributed by atoms with Crippen LogP contribution in [0.5, 0.6) is 0 Å². The van der Waals surface area contributed by atoms with Crippen LogP contribution in [-0.2, 0) is 27.4 Å². The number of benzene rings is 2. The number of hydrogen-bond donors (Lipinski definition) is 1. The lowest BCUT2D eigenvalue weighted by atomic mass is 10.0. The van der Waals surface area contributed by atoms with E-state index in [0.717, 1.165) is 11.1 Å². The normalized spacial score (nSPS) is 23.5. The quantitative estimate of drug-likeness (QED) is 0.809. The molecule has 0 bridgehead atoms. The second kappa shape index (κ2) is 8.94. The van der Waals surface area contributed by atoms with Gasteiger partial charge in [0.15, 0.2) is 6.29 Å². The second-order valence-corrected chi connectivity index (χ2v) is 6.13. The first-order valence-electron chi connectivity index (χ1n) is 8.38. The average Bonchev–Trinajstić information content (AvgIpc) is 2.96. The molecule has 24 heavy (non-hydrogen) atoms. The maximum Gasteiger partial charge on any atom is 0.155 e. The van der Waals surface area contributed by atoms with E-state index in [2.05, 4.69) is 0 Å².